The summed E-state index contributed by atoms with van der Waals surface area (Å²) in [5, 5.41) is 3.47. The van der Waals surface area contributed by atoms with Crippen molar-refractivity contribution < 1.29 is 0 Å². The predicted octanol–water partition coefficient (Wildman–Crippen LogP) is 2.05. The third kappa shape index (κ3) is 1.86. The van der Waals surface area contributed by atoms with Crippen LogP contribution in [0.15, 0.2) is 29.1 Å². The maximum atomic E-state index is 11.0. The molecule has 0 aliphatic heterocycles. The van der Waals surface area contributed by atoms with Crippen molar-refractivity contribution >= 4 is 29.0 Å². The summed E-state index contributed by atoms with van der Waals surface area (Å²) in [5.74, 6) is 0.296. The molecule has 0 fully saturated rings. The molecule has 0 spiro atoms. The number of nitrogen functional groups attached to an aromatic ring is 1. The number of aromatic nitrogens is 2. The molecule has 3 N–H and O–H groups in total. The van der Waals surface area contributed by atoms with Crippen LogP contribution in [0.3, 0.4) is 0 Å². The van der Waals surface area contributed by atoms with E-state index in [0.717, 1.165) is 0 Å². The summed E-state index contributed by atoms with van der Waals surface area (Å²) in [6.07, 6.45) is 0. The van der Waals surface area contributed by atoms with Crippen molar-refractivity contribution in [3.63, 3.8) is 0 Å². The Balaban J connectivity index is 2.64. The van der Waals surface area contributed by atoms with Gasteiger partial charge in [0.15, 0.2) is 0 Å². The molecule has 6 heteroatoms. The monoisotopic (exact) mass is 243 g/mol. The molecule has 0 radical (unpaired) electrons. The highest BCUT2D eigenvalue weighted by molar-refractivity contribution is 6.35. The van der Waals surface area contributed by atoms with Gasteiger partial charge in [-0.2, -0.15) is 0 Å². The Morgan fingerprint density at radius 1 is 1.27 bits per heavy atom. The summed E-state index contributed by atoms with van der Waals surface area (Å²) >= 11 is 11.7. The zero-order chi connectivity index (χ0) is 11.0. The van der Waals surface area contributed by atoms with E-state index < -0.39 is 0 Å². The van der Waals surface area contributed by atoms with Crippen LogP contribution in [0.2, 0.25) is 10.0 Å². The SMILES string of the molecule is Nc1cc(=O)[nH]n1-c1ccc(Cl)cc1Cl. The molecule has 4 nitrogen and oxygen atoms in total. The van der Waals surface area contributed by atoms with Crippen molar-refractivity contribution in [3.8, 4) is 5.69 Å². The Kier molecular flexibility index (Phi) is 2.46. The van der Waals surface area contributed by atoms with Crippen LogP contribution in [-0.2, 0) is 0 Å². The summed E-state index contributed by atoms with van der Waals surface area (Å²) in [6.45, 7) is 0. The smallest absolute Gasteiger partial charge is 0.266 e. The Hall–Kier alpha value is -1.39. The lowest BCUT2D eigenvalue weighted by Gasteiger charge is -2.07. The average Bonchev–Trinajstić information content (AvgIpc) is 2.45. The Morgan fingerprint density at radius 3 is 2.53 bits per heavy atom. The van der Waals surface area contributed by atoms with Gasteiger partial charge in [-0.3, -0.25) is 9.89 Å². The molecule has 0 aliphatic rings. The fourth-order valence-electron chi connectivity index (χ4n) is 1.27. The van der Waals surface area contributed by atoms with Crippen molar-refractivity contribution in [1.82, 2.24) is 9.78 Å². The normalized spacial score (nSPS) is 10.5. The third-order valence-electron chi connectivity index (χ3n) is 1.91. The van der Waals surface area contributed by atoms with Crippen molar-refractivity contribution in [2.75, 3.05) is 5.73 Å². The molecule has 0 bridgehead atoms. The van der Waals surface area contributed by atoms with Gasteiger partial charge in [0.05, 0.1) is 10.7 Å². The first-order chi connectivity index (χ1) is 7.08. The van der Waals surface area contributed by atoms with Crippen LogP contribution in [-0.4, -0.2) is 9.78 Å². The van der Waals surface area contributed by atoms with Gasteiger partial charge in [-0.15, -0.1) is 0 Å². The molecule has 2 aromatic rings. The second kappa shape index (κ2) is 3.64. The number of nitrogens with zero attached hydrogens (tertiary/aromatic N) is 1. The first kappa shape index (κ1) is 10.1. The van der Waals surface area contributed by atoms with Crippen LogP contribution in [0.4, 0.5) is 5.82 Å². The summed E-state index contributed by atoms with van der Waals surface area (Å²) < 4.78 is 1.40. The van der Waals surface area contributed by atoms with Crippen LogP contribution < -0.4 is 11.3 Å². The van der Waals surface area contributed by atoms with Crippen LogP contribution in [0.5, 0.6) is 0 Å². The van der Waals surface area contributed by atoms with E-state index >= 15 is 0 Å². The number of H-pyrrole nitrogens is 1. The number of nitrogens with two attached hydrogens (primary N) is 1. The Labute approximate surface area is 95.2 Å². The minimum atomic E-state index is -0.279. The molecule has 1 heterocycles. The predicted molar refractivity (Wildman–Crippen MR) is 60.8 cm³/mol. The maximum absolute atomic E-state index is 11.0. The number of rotatable bonds is 1. The van der Waals surface area contributed by atoms with Gasteiger partial charge in [-0.05, 0) is 18.2 Å². The van der Waals surface area contributed by atoms with Crippen LogP contribution in [0.25, 0.3) is 5.69 Å². The standard InChI is InChI=1S/C9H7Cl2N3O/c10-5-1-2-7(6(11)3-5)14-8(12)4-9(15)13-14/h1-4H,12H2,(H,13,15). The quantitative estimate of drug-likeness (QED) is 0.806. The first-order valence-electron chi connectivity index (χ1n) is 4.11. The van der Waals surface area contributed by atoms with E-state index in [-0.39, 0.29) is 5.56 Å². The largest absolute Gasteiger partial charge is 0.384 e. The summed E-state index contributed by atoms with van der Waals surface area (Å²) in [6, 6.07) is 6.21. The minimum absolute atomic E-state index is 0.279. The lowest BCUT2D eigenvalue weighted by molar-refractivity contribution is 0.874. The molecular formula is C9H7Cl2N3O. The van der Waals surface area contributed by atoms with Gasteiger partial charge in [0.25, 0.3) is 5.56 Å². The van der Waals surface area contributed by atoms with Gasteiger partial charge in [0.2, 0.25) is 0 Å². The molecule has 2 rings (SSSR count). The Bertz CT molecular complexity index is 559. The summed E-state index contributed by atoms with van der Waals surface area (Å²) in [7, 11) is 0. The molecule has 0 saturated heterocycles. The number of anilines is 1. The molecule has 78 valence electrons. The molecular weight excluding hydrogens is 237 g/mol. The fourth-order valence-corrected chi connectivity index (χ4v) is 1.76. The molecule has 0 amide bonds. The molecule has 0 atom stereocenters. The van der Waals surface area contributed by atoms with E-state index in [9.17, 15) is 4.79 Å². The van der Waals surface area contributed by atoms with Crippen molar-refractivity contribution in [2.24, 2.45) is 0 Å². The van der Waals surface area contributed by atoms with E-state index in [1.54, 1.807) is 18.2 Å². The lowest BCUT2D eigenvalue weighted by Crippen LogP contribution is -2.05. The molecule has 0 unspecified atom stereocenters. The number of nitrogens with one attached hydrogen (secondary N) is 1. The molecule has 0 aliphatic carbocycles. The number of hydrogen-bond donors (Lipinski definition) is 2. The van der Waals surface area contributed by atoms with E-state index in [0.29, 0.717) is 21.6 Å². The van der Waals surface area contributed by atoms with Gasteiger partial charge >= 0.3 is 0 Å². The summed E-state index contributed by atoms with van der Waals surface area (Å²) in [4.78, 5) is 11.0. The minimum Gasteiger partial charge on any atom is -0.384 e. The number of benzene rings is 1. The molecule has 0 saturated carbocycles. The van der Waals surface area contributed by atoms with Crippen LogP contribution >= 0.6 is 23.2 Å². The van der Waals surface area contributed by atoms with Crippen molar-refractivity contribution in [1.29, 1.82) is 0 Å². The second-order valence-electron chi connectivity index (χ2n) is 2.98. The van der Waals surface area contributed by atoms with Crippen molar-refractivity contribution in [2.45, 2.75) is 0 Å². The van der Waals surface area contributed by atoms with Gasteiger partial charge in [-0.1, -0.05) is 23.2 Å². The van der Waals surface area contributed by atoms with Gasteiger partial charge in [-0.25, -0.2) is 4.68 Å². The number of halogens is 2. The maximum Gasteiger partial charge on any atom is 0.266 e. The van der Waals surface area contributed by atoms with Crippen LogP contribution in [0, 0.1) is 0 Å². The highest BCUT2D eigenvalue weighted by Gasteiger charge is 2.07. The molecule has 15 heavy (non-hydrogen) atoms. The average molecular weight is 244 g/mol. The van der Waals surface area contributed by atoms with Gasteiger partial charge in [0.1, 0.15) is 5.82 Å². The molecule has 1 aromatic heterocycles. The number of hydrogen-bond acceptors (Lipinski definition) is 2. The van der Waals surface area contributed by atoms with E-state index in [1.807, 2.05) is 0 Å². The van der Waals surface area contributed by atoms with Crippen LogP contribution in [0.1, 0.15) is 0 Å². The topological polar surface area (TPSA) is 63.8 Å². The first-order valence-corrected chi connectivity index (χ1v) is 4.86. The highest BCUT2D eigenvalue weighted by atomic mass is 35.5. The zero-order valence-corrected chi connectivity index (χ0v) is 9.01. The fraction of sp³-hybridized carbons (Fsp3) is 0. The second-order valence-corrected chi connectivity index (χ2v) is 3.82. The van der Waals surface area contributed by atoms with Gasteiger partial charge in [0, 0.05) is 11.1 Å². The van der Waals surface area contributed by atoms with E-state index in [1.165, 1.54) is 10.7 Å². The molecule has 1 aromatic carbocycles. The zero-order valence-electron chi connectivity index (χ0n) is 7.50. The highest BCUT2D eigenvalue weighted by Crippen LogP contribution is 2.24. The van der Waals surface area contributed by atoms with Crippen molar-refractivity contribution in [3.05, 3.63) is 44.7 Å². The van der Waals surface area contributed by atoms with Gasteiger partial charge < -0.3 is 5.73 Å². The summed E-state index contributed by atoms with van der Waals surface area (Å²) in [5.41, 5.74) is 5.93. The van der Waals surface area contributed by atoms with E-state index in [2.05, 4.69) is 5.10 Å². The third-order valence-corrected chi connectivity index (χ3v) is 2.45. The van der Waals surface area contributed by atoms with E-state index in [4.69, 9.17) is 28.9 Å². The lowest BCUT2D eigenvalue weighted by atomic mass is 10.3. The number of aromatic amines is 1. The Morgan fingerprint density at radius 2 is 2.00 bits per heavy atom.